The zero-order valence-corrected chi connectivity index (χ0v) is 27.4. The summed E-state index contributed by atoms with van der Waals surface area (Å²) < 4.78 is 8.74. The quantitative estimate of drug-likeness (QED) is 0.0761. The van der Waals surface area contributed by atoms with Crippen LogP contribution in [0.2, 0.25) is 0 Å². The van der Waals surface area contributed by atoms with Crippen LogP contribution in [0.15, 0.2) is 76.9 Å². The van der Waals surface area contributed by atoms with Crippen molar-refractivity contribution in [2.24, 2.45) is 11.8 Å². The average molecular weight is 776 g/mol. The number of furan rings is 1. The van der Waals surface area contributed by atoms with Gasteiger partial charge in [-0.25, -0.2) is 0 Å². The third kappa shape index (κ3) is 5.83. The first-order valence-electron chi connectivity index (χ1n) is 13.9. The van der Waals surface area contributed by atoms with Crippen molar-refractivity contribution in [2.45, 2.75) is 53.4 Å². The third-order valence-electron chi connectivity index (χ3n) is 7.64. The van der Waals surface area contributed by atoms with Crippen molar-refractivity contribution in [3.05, 3.63) is 78.6 Å². The van der Waals surface area contributed by atoms with Crippen molar-refractivity contribution in [3.63, 3.8) is 0 Å². The van der Waals surface area contributed by atoms with Crippen LogP contribution >= 0.6 is 0 Å². The number of rotatable bonds is 7. The maximum absolute atomic E-state index is 11.7. The molecule has 6 aromatic rings. The molecule has 0 saturated carbocycles. The van der Waals surface area contributed by atoms with E-state index < -0.39 is 0 Å². The number of nitrogens with zero attached hydrogens (tertiary/aromatic N) is 1. The zero-order valence-electron chi connectivity index (χ0n) is 23.3. The fourth-order valence-electron chi connectivity index (χ4n) is 5.30. The molecule has 4 nitrogen and oxygen atoms in total. The molecule has 40 heavy (non-hydrogen) atoms. The van der Waals surface area contributed by atoms with Crippen LogP contribution in [-0.2, 0) is 24.9 Å². The van der Waals surface area contributed by atoms with E-state index in [1.54, 1.807) is 0 Å². The monoisotopic (exact) mass is 777 g/mol. The summed E-state index contributed by atoms with van der Waals surface area (Å²) in [6.07, 6.45) is 4.91. The molecule has 6 rings (SSSR count). The Balaban J connectivity index is 0.000000204. The van der Waals surface area contributed by atoms with E-state index in [0.29, 0.717) is 0 Å². The molecule has 1 radical (unpaired) electrons. The van der Waals surface area contributed by atoms with Gasteiger partial charge in [0.2, 0.25) is 0 Å². The van der Waals surface area contributed by atoms with Gasteiger partial charge in [-0.2, -0.15) is 0 Å². The molecule has 0 atom stereocenters. The molecule has 0 unspecified atom stereocenters. The Hall–Kier alpha value is -2.75. The standard InChI is InChI=1S/C21H10NOSe.C13H24O2.Ir/c1-2-7-14-12(5-1)11-18-21(22-14)13-6-3-8-15-19(13)20-16(23-15)9-4-10-17(20)24-18;1-5-10(6-2)12(14)9-13(15)11(7-3)8-4;/h1-5,7-11H;9-11,14H,5-8H2,1-4H3;/q-1;;/b;12-9-;. The number of allylic oxidation sites excluding steroid dienone is 2. The van der Waals surface area contributed by atoms with E-state index in [0.717, 1.165) is 58.7 Å². The number of aromatic nitrogens is 1. The summed E-state index contributed by atoms with van der Waals surface area (Å²) in [6, 6.07) is 24.4. The van der Waals surface area contributed by atoms with Crippen LogP contribution in [0, 0.1) is 17.9 Å². The van der Waals surface area contributed by atoms with E-state index in [4.69, 9.17) is 9.40 Å². The number of aliphatic hydroxyl groups is 1. The molecule has 3 aromatic carbocycles. The van der Waals surface area contributed by atoms with Gasteiger partial charge in [-0.1, -0.05) is 27.7 Å². The van der Waals surface area contributed by atoms with Gasteiger partial charge in [0, 0.05) is 38.0 Å². The van der Waals surface area contributed by atoms with Crippen molar-refractivity contribution < 1.29 is 34.4 Å². The fourth-order valence-corrected chi connectivity index (χ4v) is 7.64. The number of ketones is 1. The molecule has 0 aliphatic carbocycles. The van der Waals surface area contributed by atoms with Crippen LogP contribution in [0.4, 0.5) is 0 Å². The molecular formula is C34H34IrNO3Se-. The van der Waals surface area contributed by atoms with Crippen molar-refractivity contribution in [3.8, 4) is 0 Å². The second kappa shape index (κ2) is 13.3. The van der Waals surface area contributed by atoms with Crippen LogP contribution in [0.1, 0.15) is 53.4 Å². The van der Waals surface area contributed by atoms with Gasteiger partial charge in [-0.15, -0.1) is 0 Å². The van der Waals surface area contributed by atoms with E-state index in [-0.39, 0.29) is 58.0 Å². The maximum atomic E-state index is 11.7. The van der Waals surface area contributed by atoms with Gasteiger partial charge >= 0.3 is 143 Å². The normalized spacial score (nSPS) is 12.0. The Morgan fingerprint density at radius 1 is 0.925 bits per heavy atom. The molecule has 0 saturated heterocycles. The number of para-hydroxylation sites is 1. The summed E-state index contributed by atoms with van der Waals surface area (Å²) in [6.45, 7) is 8.07. The summed E-state index contributed by atoms with van der Waals surface area (Å²) in [7, 11) is 0. The molecule has 0 spiro atoms. The van der Waals surface area contributed by atoms with Gasteiger partial charge in [-0.3, -0.25) is 4.79 Å². The molecule has 0 fully saturated rings. The van der Waals surface area contributed by atoms with Crippen molar-refractivity contribution in [1.82, 2.24) is 4.98 Å². The SMILES string of the molecule is CCC(CC)C(=O)/C=C(\O)C(CC)CC.[Ir].[c-]1ccc2oc3cccc4[se]c5cc6ccccc6nc5c1c2c34. The van der Waals surface area contributed by atoms with Crippen LogP contribution in [-0.4, -0.2) is 30.4 Å². The summed E-state index contributed by atoms with van der Waals surface area (Å²) >= 11 is 0.190. The minimum atomic E-state index is 0. The molecule has 209 valence electrons. The topological polar surface area (TPSA) is 63.3 Å². The van der Waals surface area contributed by atoms with E-state index in [9.17, 15) is 9.90 Å². The van der Waals surface area contributed by atoms with E-state index >= 15 is 0 Å². The van der Waals surface area contributed by atoms with Gasteiger partial charge < -0.3 is 5.11 Å². The number of benzene rings is 3. The Kier molecular flexibility index (Phi) is 10.0. The first kappa shape index (κ1) is 30.2. The number of hydrogen-bond donors (Lipinski definition) is 1. The minimum absolute atomic E-state index is 0. The Morgan fingerprint density at radius 2 is 1.62 bits per heavy atom. The molecule has 6 heteroatoms. The Labute approximate surface area is 254 Å². The average Bonchev–Trinajstić information content (AvgIpc) is 3.27. The van der Waals surface area contributed by atoms with Gasteiger partial charge in [-0.05, 0) is 25.7 Å². The first-order valence-corrected chi connectivity index (χ1v) is 15.6. The van der Waals surface area contributed by atoms with Crippen LogP contribution in [0.25, 0.3) is 52.3 Å². The third-order valence-corrected chi connectivity index (χ3v) is 9.93. The number of carbonyl (C=O) groups is 1. The molecule has 0 amide bonds. The predicted octanol–water partition coefficient (Wildman–Crippen LogP) is 9.17. The molecule has 0 aliphatic heterocycles. The summed E-state index contributed by atoms with van der Waals surface area (Å²) in [5.41, 5.74) is 3.97. The Bertz CT molecular complexity index is 1810. The van der Waals surface area contributed by atoms with Crippen molar-refractivity contribution >= 4 is 72.6 Å². The molecule has 0 bridgehead atoms. The molecular weight excluding hydrogens is 742 g/mol. The van der Waals surface area contributed by atoms with E-state index in [1.807, 2.05) is 45.9 Å². The summed E-state index contributed by atoms with van der Waals surface area (Å²) in [5.74, 6) is 0.547. The van der Waals surface area contributed by atoms with Crippen molar-refractivity contribution in [1.29, 1.82) is 0 Å². The summed E-state index contributed by atoms with van der Waals surface area (Å²) in [5, 5.41) is 14.4. The molecule has 0 aliphatic rings. The number of fused-ring (bicyclic) bond motifs is 3. The summed E-state index contributed by atoms with van der Waals surface area (Å²) in [4.78, 5) is 16.7. The second-order valence-corrected chi connectivity index (χ2v) is 12.2. The van der Waals surface area contributed by atoms with Crippen LogP contribution in [0.5, 0.6) is 0 Å². The number of hydrogen-bond acceptors (Lipinski definition) is 4. The molecule has 3 aromatic heterocycles. The van der Waals surface area contributed by atoms with Gasteiger partial charge in [0.25, 0.3) is 0 Å². The Morgan fingerprint density at radius 3 is 2.35 bits per heavy atom. The van der Waals surface area contributed by atoms with Crippen LogP contribution in [0.3, 0.4) is 0 Å². The van der Waals surface area contributed by atoms with Gasteiger partial charge in [0.15, 0.2) is 5.78 Å². The van der Waals surface area contributed by atoms with E-state index in [2.05, 4.69) is 48.5 Å². The van der Waals surface area contributed by atoms with Gasteiger partial charge in [0.1, 0.15) is 0 Å². The number of pyridine rings is 1. The van der Waals surface area contributed by atoms with Crippen molar-refractivity contribution in [2.75, 3.05) is 0 Å². The van der Waals surface area contributed by atoms with E-state index in [1.165, 1.54) is 25.4 Å². The predicted molar refractivity (Wildman–Crippen MR) is 164 cm³/mol. The molecule has 3 heterocycles. The first-order chi connectivity index (χ1) is 19.0. The fraction of sp³-hybridized carbons (Fsp3) is 0.294. The number of aliphatic hydroxyl groups excluding tert-OH is 1. The molecule has 1 N–H and O–H groups in total. The zero-order chi connectivity index (χ0) is 27.5. The van der Waals surface area contributed by atoms with Gasteiger partial charge in [0.05, 0.1) is 5.76 Å². The number of carbonyl (C=O) groups excluding carboxylic acids is 1. The second-order valence-electron chi connectivity index (χ2n) is 9.95. The van der Waals surface area contributed by atoms with Crippen LogP contribution < -0.4 is 0 Å².